The Labute approximate surface area is 178 Å². The monoisotopic (exact) mass is 409 g/mol. The van der Waals surface area contributed by atoms with Crippen LogP contribution in [0.3, 0.4) is 0 Å². The molecule has 1 N–H and O–H groups in total. The number of ether oxygens (including phenoxy) is 1. The standard InChI is InChI=1S/C24H31N3O3/c1-24(2,3)20-10-5-6-11-21(20)30-17-22(28)25-19-9-7-8-18(16-19)23(29)27-14-12-26(4)13-15-27/h5-11,16H,12-15,17H2,1-4H3,(H,25,28). The second kappa shape index (κ2) is 9.30. The molecule has 0 atom stereocenters. The molecular weight excluding hydrogens is 378 g/mol. The maximum Gasteiger partial charge on any atom is 0.262 e. The van der Waals surface area contributed by atoms with Crippen LogP contribution in [0.2, 0.25) is 0 Å². The van der Waals surface area contributed by atoms with Gasteiger partial charge in [-0.25, -0.2) is 0 Å². The van der Waals surface area contributed by atoms with Gasteiger partial charge >= 0.3 is 0 Å². The Bertz CT molecular complexity index is 897. The van der Waals surface area contributed by atoms with E-state index < -0.39 is 0 Å². The lowest BCUT2D eigenvalue weighted by Crippen LogP contribution is -2.47. The van der Waals surface area contributed by atoms with Crippen LogP contribution in [-0.4, -0.2) is 61.4 Å². The molecule has 0 unspecified atom stereocenters. The SMILES string of the molecule is CN1CCN(C(=O)c2cccc(NC(=O)COc3ccccc3C(C)(C)C)c2)CC1. The molecule has 0 radical (unpaired) electrons. The molecule has 1 aliphatic rings. The van der Waals surface area contributed by atoms with Gasteiger partial charge in [0, 0.05) is 37.4 Å². The number of amides is 2. The smallest absolute Gasteiger partial charge is 0.262 e. The number of likely N-dealkylation sites (N-methyl/N-ethyl adjacent to an activating group) is 1. The maximum atomic E-state index is 12.8. The van der Waals surface area contributed by atoms with Gasteiger partial charge in [-0.2, -0.15) is 0 Å². The van der Waals surface area contributed by atoms with Crippen molar-refractivity contribution in [3.8, 4) is 5.75 Å². The zero-order valence-corrected chi connectivity index (χ0v) is 18.3. The molecule has 0 aliphatic carbocycles. The van der Waals surface area contributed by atoms with E-state index in [1.807, 2.05) is 29.2 Å². The Morgan fingerprint density at radius 3 is 2.40 bits per heavy atom. The first-order valence-corrected chi connectivity index (χ1v) is 10.3. The van der Waals surface area contributed by atoms with Crippen molar-refractivity contribution in [2.75, 3.05) is 45.2 Å². The molecule has 1 heterocycles. The van der Waals surface area contributed by atoms with Gasteiger partial charge in [-0.05, 0) is 42.3 Å². The number of carbonyl (C=O) groups excluding carboxylic acids is 2. The topological polar surface area (TPSA) is 61.9 Å². The largest absolute Gasteiger partial charge is 0.483 e. The van der Waals surface area contributed by atoms with Crippen LogP contribution >= 0.6 is 0 Å². The van der Waals surface area contributed by atoms with Gasteiger partial charge in [0.2, 0.25) is 0 Å². The summed E-state index contributed by atoms with van der Waals surface area (Å²) in [5, 5.41) is 2.83. The average Bonchev–Trinajstić information content (AvgIpc) is 2.72. The van der Waals surface area contributed by atoms with Crippen molar-refractivity contribution in [1.82, 2.24) is 9.80 Å². The molecule has 160 valence electrons. The molecule has 1 aliphatic heterocycles. The summed E-state index contributed by atoms with van der Waals surface area (Å²) < 4.78 is 5.79. The van der Waals surface area contributed by atoms with E-state index in [9.17, 15) is 9.59 Å². The second-order valence-electron chi connectivity index (χ2n) is 8.76. The fourth-order valence-electron chi connectivity index (χ4n) is 3.47. The van der Waals surface area contributed by atoms with E-state index in [-0.39, 0.29) is 23.8 Å². The molecule has 0 aromatic heterocycles. The van der Waals surface area contributed by atoms with Crippen molar-refractivity contribution in [1.29, 1.82) is 0 Å². The van der Waals surface area contributed by atoms with Crippen molar-refractivity contribution >= 4 is 17.5 Å². The summed E-state index contributed by atoms with van der Waals surface area (Å²) in [6.07, 6.45) is 0. The number of nitrogens with zero attached hydrogens (tertiary/aromatic N) is 2. The van der Waals surface area contributed by atoms with E-state index in [2.05, 4.69) is 38.0 Å². The molecular formula is C24H31N3O3. The third-order valence-corrected chi connectivity index (χ3v) is 5.24. The Kier molecular flexibility index (Phi) is 6.77. The highest BCUT2D eigenvalue weighted by Crippen LogP contribution is 2.30. The van der Waals surface area contributed by atoms with E-state index in [0.717, 1.165) is 18.7 Å². The quantitative estimate of drug-likeness (QED) is 0.822. The highest BCUT2D eigenvalue weighted by Gasteiger charge is 2.21. The van der Waals surface area contributed by atoms with Gasteiger partial charge in [-0.1, -0.05) is 45.0 Å². The Balaban J connectivity index is 1.60. The predicted octanol–water partition coefficient (Wildman–Crippen LogP) is 3.39. The van der Waals surface area contributed by atoms with Gasteiger partial charge in [-0.3, -0.25) is 9.59 Å². The summed E-state index contributed by atoms with van der Waals surface area (Å²) in [7, 11) is 2.06. The van der Waals surface area contributed by atoms with Crippen molar-refractivity contribution in [2.45, 2.75) is 26.2 Å². The van der Waals surface area contributed by atoms with E-state index in [0.29, 0.717) is 30.1 Å². The van der Waals surface area contributed by atoms with Crippen molar-refractivity contribution in [3.05, 3.63) is 59.7 Å². The molecule has 0 saturated carbocycles. The van der Waals surface area contributed by atoms with Crippen LogP contribution in [0.4, 0.5) is 5.69 Å². The molecule has 30 heavy (non-hydrogen) atoms. The first-order chi connectivity index (χ1) is 14.2. The summed E-state index contributed by atoms with van der Waals surface area (Å²) in [6, 6.07) is 14.8. The Morgan fingerprint density at radius 1 is 1.00 bits per heavy atom. The number of hydrogen-bond donors (Lipinski definition) is 1. The Morgan fingerprint density at radius 2 is 1.70 bits per heavy atom. The number of carbonyl (C=O) groups is 2. The Hall–Kier alpha value is -2.86. The second-order valence-corrected chi connectivity index (χ2v) is 8.76. The van der Waals surface area contributed by atoms with Crippen LogP contribution in [0.15, 0.2) is 48.5 Å². The first-order valence-electron chi connectivity index (χ1n) is 10.3. The van der Waals surface area contributed by atoms with Crippen LogP contribution < -0.4 is 10.1 Å². The van der Waals surface area contributed by atoms with Gasteiger partial charge in [0.1, 0.15) is 5.75 Å². The van der Waals surface area contributed by atoms with Gasteiger partial charge in [0.15, 0.2) is 6.61 Å². The minimum Gasteiger partial charge on any atom is -0.483 e. The van der Waals surface area contributed by atoms with Crippen LogP contribution in [0.25, 0.3) is 0 Å². The normalized spacial score (nSPS) is 15.0. The van der Waals surface area contributed by atoms with Gasteiger partial charge in [-0.15, -0.1) is 0 Å². The third-order valence-electron chi connectivity index (χ3n) is 5.24. The van der Waals surface area contributed by atoms with Crippen LogP contribution in [0.1, 0.15) is 36.7 Å². The lowest BCUT2D eigenvalue weighted by Gasteiger charge is -2.32. The minimum atomic E-state index is -0.261. The summed E-state index contributed by atoms with van der Waals surface area (Å²) in [4.78, 5) is 29.2. The van der Waals surface area contributed by atoms with E-state index in [1.165, 1.54) is 0 Å². The van der Waals surface area contributed by atoms with Gasteiger partial charge in [0.25, 0.3) is 11.8 Å². The number of piperazine rings is 1. The number of hydrogen-bond acceptors (Lipinski definition) is 4. The molecule has 0 bridgehead atoms. The summed E-state index contributed by atoms with van der Waals surface area (Å²) in [5.74, 6) is 0.441. The molecule has 1 fully saturated rings. The van der Waals surface area contributed by atoms with E-state index >= 15 is 0 Å². The summed E-state index contributed by atoms with van der Waals surface area (Å²) >= 11 is 0. The van der Waals surface area contributed by atoms with Crippen LogP contribution in [0, 0.1) is 0 Å². The number of nitrogens with one attached hydrogen (secondary N) is 1. The number of anilines is 1. The maximum absolute atomic E-state index is 12.8. The molecule has 2 amide bonds. The molecule has 2 aromatic carbocycles. The van der Waals surface area contributed by atoms with E-state index in [4.69, 9.17) is 4.74 Å². The van der Waals surface area contributed by atoms with Crippen molar-refractivity contribution in [3.63, 3.8) is 0 Å². The zero-order chi connectivity index (χ0) is 21.7. The van der Waals surface area contributed by atoms with Crippen LogP contribution in [0.5, 0.6) is 5.75 Å². The number of rotatable bonds is 5. The minimum absolute atomic E-state index is 0.00504. The zero-order valence-electron chi connectivity index (χ0n) is 18.3. The highest BCUT2D eigenvalue weighted by molar-refractivity contribution is 5.97. The molecule has 6 heteroatoms. The lowest BCUT2D eigenvalue weighted by molar-refractivity contribution is -0.118. The molecule has 3 rings (SSSR count). The van der Waals surface area contributed by atoms with Crippen molar-refractivity contribution in [2.24, 2.45) is 0 Å². The first kappa shape index (κ1) is 21.8. The average molecular weight is 410 g/mol. The van der Waals surface area contributed by atoms with Crippen LogP contribution in [-0.2, 0) is 10.2 Å². The number of benzene rings is 2. The lowest BCUT2D eigenvalue weighted by atomic mass is 9.86. The third kappa shape index (κ3) is 5.60. The summed E-state index contributed by atoms with van der Waals surface area (Å²) in [5.41, 5.74) is 2.15. The van der Waals surface area contributed by atoms with Crippen molar-refractivity contribution < 1.29 is 14.3 Å². The predicted molar refractivity (Wildman–Crippen MR) is 119 cm³/mol. The summed E-state index contributed by atoms with van der Waals surface area (Å²) in [6.45, 7) is 9.41. The van der Waals surface area contributed by atoms with Gasteiger partial charge in [0.05, 0.1) is 0 Å². The van der Waals surface area contributed by atoms with Gasteiger partial charge < -0.3 is 19.9 Å². The highest BCUT2D eigenvalue weighted by atomic mass is 16.5. The van der Waals surface area contributed by atoms with E-state index in [1.54, 1.807) is 24.3 Å². The number of para-hydroxylation sites is 1. The fourth-order valence-corrected chi connectivity index (χ4v) is 3.47. The molecule has 0 spiro atoms. The molecule has 6 nitrogen and oxygen atoms in total. The molecule has 1 saturated heterocycles. The molecule has 2 aromatic rings. The fraction of sp³-hybridized carbons (Fsp3) is 0.417.